The minimum absolute atomic E-state index is 0.710. The quantitative estimate of drug-likeness (QED) is 0.292. The van der Waals surface area contributed by atoms with E-state index in [-0.39, 0.29) is 0 Å². The van der Waals surface area contributed by atoms with Crippen LogP contribution in [0.2, 0.25) is 80.6 Å². The van der Waals surface area contributed by atoms with E-state index in [2.05, 4.69) is 115 Å². The fourth-order valence-corrected chi connectivity index (χ4v) is 145. The van der Waals surface area contributed by atoms with Crippen LogP contribution in [0.25, 0.3) is 0 Å². The van der Waals surface area contributed by atoms with E-state index in [1.165, 1.54) is 12.8 Å². The van der Waals surface area contributed by atoms with E-state index in [1.54, 1.807) is 0 Å². The Morgan fingerprint density at radius 2 is 0.929 bits per heavy atom. The van der Waals surface area contributed by atoms with Crippen molar-refractivity contribution in [1.82, 2.24) is 0 Å². The second kappa shape index (κ2) is 7.69. The van der Waals surface area contributed by atoms with E-state index >= 15 is 0 Å². The van der Waals surface area contributed by atoms with E-state index in [4.69, 9.17) is 0 Å². The Bertz CT molecular complexity index is 662. The zero-order valence-corrected chi connectivity index (χ0v) is 27.3. The molecular formula is C23H46Si4Zr. The first-order chi connectivity index (χ1) is 12.5. The van der Waals surface area contributed by atoms with Crippen LogP contribution in [0, 0.1) is 0 Å². The molecule has 0 saturated heterocycles. The predicted molar refractivity (Wildman–Crippen MR) is 140 cm³/mol. The fourth-order valence-electron chi connectivity index (χ4n) is 8.73. The molecule has 0 radical (unpaired) electrons. The summed E-state index contributed by atoms with van der Waals surface area (Å²) in [5.41, 5.74) is 0. The summed E-state index contributed by atoms with van der Waals surface area (Å²) in [5, 5.41) is -1.43. The van der Waals surface area contributed by atoms with Crippen molar-refractivity contribution in [2.45, 2.75) is 93.4 Å². The van der Waals surface area contributed by atoms with Gasteiger partial charge in [-0.1, -0.05) is 0 Å². The van der Waals surface area contributed by atoms with Gasteiger partial charge in [0.15, 0.2) is 0 Å². The first kappa shape index (κ1) is 25.0. The van der Waals surface area contributed by atoms with Gasteiger partial charge in [-0.25, -0.2) is 0 Å². The maximum atomic E-state index is 2.79. The van der Waals surface area contributed by atoms with Gasteiger partial charge in [0.25, 0.3) is 0 Å². The molecule has 0 nitrogen and oxygen atoms in total. The van der Waals surface area contributed by atoms with Gasteiger partial charge in [-0.05, 0) is 0 Å². The minimum atomic E-state index is -3.01. The molecule has 2 aliphatic rings. The van der Waals surface area contributed by atoms with E-state index in [1.807, 2.05) is 6.56 Å². The van der Waals surface area contributed by atoms with Gasteiger partial charge in [0.05, 0.1) is 0 Å². The summed E-state index contributed by atoms with van der Waals surface area (Å²) in [6, 6.07) is 0. The normalized spacial score (nSPS) is 19.3. The first-order valence-corrected chi connectivity index (χ1v) is 32.6. The van der Waals surface area contributed by atoms with Gasteiger partial charge < -0.3 is 0 Å². The van der Waals surface area contributed by atoms with Crippen molar-refractivity contribution < 1.29 is 19.4 Å². The molecule has 2 aliphatic carbocycles. The monoisotopic (exact) mass is 524 g/mol. The molecule has 158 valence electrons. The molecule has 0 saturated carbocycles. The third-order valence-corrected chi connectivity index (χ3v) is 89.7. The van der Waals surface area contributed by atoms with Gasteiger partial charge in [-0.3, -0.25) is 0 Å². The molecule has 0 fully saturated rings. The summed E-state index contributed by atoms with van der Waals surface area (Å²) < 4.78 is 4.67. The van der Waals surface area contributed by atoms with E-state index < -0.39 is 48.8 Å². The Labute approximate surface area is 184 Å². The molecule has 0 spiro atoms. The molecule has 28 heavy (non-hydrogen) atoms. The van der Waals surface area contributed by atoms with Crippen molar-refractivity contribution in [2.24, 2.45) is 0 Å². The Kier molecular flexibility index (Phi) is 6.86. The average molecular weight is 526 g/mol. The standard InChI is InChI=1S/C10H27Si3.2C5H5.C3H9Si.Zr/c1-11(2,3)10(12(4,5)6)13(7,8)9;2*1-2-4-5-3-1;1-4(2)3;/h1-9H3;2*1-3H,4H2;1-3H3;. The average Bonchev–Trinajstić information content (AvgIpc) is 3.12. The van der Waals surface area contributed by atoms with Crippen molar-refractivity contribution in [1.29, 1.82) is 0 Å². The summed E-state index contributed by atoms with van der Waals surface area (Å²) in [7, 11) is -4.42. The SMILES string of the molecule is C[Si](C)(C)[C]([Si](C)(C)C)([Si](C)(C)C)[Zr]([C]1=CC=CC1)([C]1=CC=CC1)[Si](C)(C)C. The van der Waals surface area contributed by atoms with Crippen molar-refractivity contribution in [2.75, 3.05) is 0 Å². The van der Waals surface area contributed by atoms with E-state index in [0.717, 1.165) is 0 Å². The summed E-state index contributed by atoms with van der Waals surface area (Å²) in [4.78, 5) is 0. The van der Waals surface area contributed by atoms with Crippen LogP contribution >= 0.6 is 0 Å². The second-order valence-electron chi connectivity index (χ2n) is 13.1. The van der Waals surface area contributed by atoms with Crippen LogP contribution in [0.4, 0.5) is 0 Å². The number of hydrogen-bond acceptors (Lipinski definition) is 0. The summed E-state index contributed by atoms with van der Waals surface area (Å²) in [6.07, 6.45) is 17.6. The van der Waals surface area contributed by atoms with Crippen LogP contribution in [0.1, 0.15) is 12.8 Å². The zero-order valence-electron chi connectivity index (χ0n) is 20.9. The molecule has 0 aromatic heterocycles. The third kappa shape index (κ3) is 3.43. The maximum absolute atomic E-state index is 3.01. The molecule has 0 atom stereocenters. The molecule has 0 aliphatic heterocycles. The molecule has 0 aromatic carbocycles. The van der Waals surface area contributed by atoms with Gasteiger partial charge in [0.2, 0.25) is 0 Å². The molecule has 2 rings (SSSR count). The number of rotatable bonds is 7. The summed E-state index contributed by atoms with van der Waals surface area (Å²) in [5.74, 6) is 0. The Balaban J connectivity index is 3.17. The van der Waals surface area contributed by atoms with Crippen LogP contribution in [-0.4, -0.2) is 29.4 Å². The molecule has 0 bridgehead atoms. The van der Waals surface area contributed by atoms with Gasteiger partial charge in [0.1, 0.15) is 0 Å². The molecule has 0 unspecified atom stereocenters. The van der Waals surface area contributed by atoms with Crippen LogP contribution < -0.4 is 0 Å². The Morgan fingerprint density at radius 3 is 1.11 bits per heavy atom. The van der Waals surface area contributed by atoms with Crippen molar-refractivity contribution in [3.63, 3.8) is 0 Å². The van der Waals surface area contributed by atoms with Crippen molar-refractivity contribution >= 4 is 29.4 Å². The van der Waals surface area contributed by atoms with Crippen molar-refractivity contribution in [3.8, 4) is 0 Å². The van der Waals surface area contributed by atoms with Crippen molar-refractivity contribution in [3.05, 3.63) is 43.0 Å². The van der Waals surface area contributed by atoms with Crippen LogP contribution in [0.5, 0.6) is 0 Å². The zero-order chi connectivity index (χ0) is 21.8. The van der Waals surface area contributed by atoms with Crippen LogP contribution in [0.15, 0.2) is 43.0 Å². The van der Waals surface area contributed by atoms with Crippen LogP contribution in [0.3, 0.4) is 0 Å². The van der Waals surface area contributed by atoms with Gasteiger partial charge in [-0.2, -0.15) is 0 Å². The molecule has 0 aromatic rings. The topological polar surface area (TPSA) is 0 Å². The summed E-state index contributed by atoms with van der Waals surface area (Å²) >= 11 is -3.01. The Hall–Kier alpha value is 0.711. The Morgan fingerprint density at radius 1 is 0.607 bits per heavy atom. The fraction of sp³-hybridized carbons (Fsp3) is 0.652. The molecular weight excluding hydrogens is 480 g/mol. The number of hydrogen-bond donors (Lipinski definition) is 0. The molecule has 0 heterocycles. The van der Waals surface area contributed by atoms with E-state index in [0.29, 0.717) is 1.99 Å². The second-order valence-corrected chi connectivity index (χ2v) is 62.8. The molecule has 0 amide bonds. The number of allylic oxidation sites excluding steroid dienone is 8. The molecule has 5 heteroatoms. The molecule has 0 N–H and O–H groups in total. The van der Waals surface area contributed by atoms with Gasteiger partial charge >= 0.3 is 185 Å². The third-order valence-electron chi connectivity index (χ3n) is 7.57. The predicted octanol–water partition coefficient (Wildman–Crippen LogP) is 8.45. The van der Waals surface area contributed by atoms with E-state index in [9.17, 15) is 0 Å². The van der Waals surface area contributed by atoms with Gasteiger partial charge in [-0.15, -0.1) is 0 Å². The van der Waals surface area contributed by atoms with Gasteiger partial charge in [0, 0.05) is 0 Å². The van der Waals surface area contributed by atoms with Crippen LogP contribution in [-0.2, 0) is 19.4 Å². The summed E-state index contributed by atoms with van der Waals surface area (Å²) in [6.45, 7) is 33.4. The first-order valence-electron chi connectivity index (χ1n) is 11.2.